The van der Waals surface area contributed by atoms with Crippen molar-refractivity contribution in [2.24, 2.45) is 5.92 Å². The van der Waals surface area contributed by atoms with E-state index in [1.807, 2.05) is 6.07 Å². The van der Waals surface area contributed by atoms with Crippen molar-refractivity contribution in [3.05, 3.63) is 35.4 Å². The molecular formula is C20H30N2O3. The smallest absolute Gasteiger partial charge is 0.317 e. The van der Waals surface area contributed by atoms with Crippen LogP contribution in [-0.4, -0.2) is 48.4 Å². The zero-order valence-electron chi connectivity index (χ0n) is 15.3. The maximum atomic E-state index is 12.8. The van der Waals surface area contributed by atoms with E-state index in [4.69, 9.17) is 4.74 Å². The second-order valence-corrected chi connectivity index (χ2v) is 7.69. The first kappa shape index (κ1) is 18.2. The first-order chi connectivity index (χ1) is 12.0. The molecule has 5 nitrogen and oxygen atoms in total. The topological polar surface area (TPSA) is 61.8 Å². The van der Waals surface area contributed by atoms with Gasteiger partial charge in [-0.05, 0) is 36.3 Å². The molecule has 2 atom stereocenters. The third-order valence-corrected chi connectivity index (χ3v) is 5.65. The second kappa shape index (κ2) is 7.75. The molecule has 3 rings (SSSR count). The highest BCUT2D eigenvalue weighted by Gasteiger charge is 2.33. The van der Waals surface area contributed by atoms with Crippen LogP contribution in [0.4, 0.5) is 4.79 Å². The number of nitrogens with one attached hydrogen (secondary N) is 1. The maximum Gasteiger partial charge on any atom is 0.317 e. The van der Waals surface area contributed by atoms with E-state index in [0.717, 1.165) is 19.3 Å². The van der Waals surface area contributed by atoms with Gasteiger partial charge < -0.3 is 20.1 Å². The number of carbonyl (C=O) groups excluding carboxylic acids is 1. The molecule has 0 spiro atoms. The predicted octanol–water partition coefficient (Wildman–Crippen LogP) is 2.88. The van der Waals surface area contributed by atoms with Gasteiger partial charge in [0.05, 0.1) is 18.2 Å². The van der Waals surface area contributed by atoms with E-state index in [1.165, 1.54) is 11.1 Å². The third-order valence-electron chi connectivity index (χ3n) is 5.65. The van der Waals surface area contributed by atoms with Crippen LogP contribution in [0.3, 0.4) is 0 Å². The fourth-order valence-corrected chi connectivity index (χ4v) is 4.04. The molecule has 2 N–H and O–H groups in total. The van der Waals surface area contributed by atoms with Crippen LogP contribution in [-0.2, 0) is 11.2 Å². The molecule has 1 aromatic carbocycles. The van der Waals surface area contributed by atoms with E-state index in [1.54, 1.807) is 11.9 Å². The van der Waals surface area contributed by atoms with Gasteiger partial charge in [-0.1, -0.05) is 31.2 Å². The first-order valence-corrected chi connectivity index (χ1v) is 9.38. The molecule has 25 heavy (non-hydrogen) atoms. The molecule has 0 bridgehead atoms. The third kappa shape index (κ3) is 4.33. The lowest BCUT2D eigenvalue weighted by molar-refractivity contribution is -0.0723. The van der Waals surface area contributed by atoms with Crippen LogP contribution in [0.1, 0.15) is 49.8 Å². The highest BCUT2D eigenvalue weighted by Crippen LogP contribution is 2.33. The van der Waals surface area contributed by atoms with Gasteiger partial charge in [0.15, 0.2) is 0 Å². The molecular weight excluding hydrogens is 316 g/mol. The summed E-state index contributed by atoms with van der Waals surface area (Å²) >= 11 is 0. The molecule has 0 unspecified atom stereocenters. The Kier molecular flexibility index (Phi) is 5.64. The van der Waals surface area contributed by atoms with Crippen LogP contribution < -0.4 is 5.32 Å². The quantitative estimate of drug-likeness (QED) is 0.827. The summed E-state index contributed by atoms with van der Waals surface area (Å²) in [5, 5.41) is 13.9. The summed E-state index contributed by atoms with van der Waals surface area (Å²) in [5.41, 5.74) is 1.74. The Bertz CT molecular complexity index is 598. The van der Waals surface area contributed by atoms with Crippen LogP contribution in [0.2, 0.25) is 0 Å². The molecule has 138 valence electrons. The van der Waals surface area contributed by atoms with Crippen molar-refractivity contribution in [3.63, 3.8) is 0 Å². The van der Waals surface area contributed by atoms with Crippen molar-refractivity contribution in [3.8, 4) is 0 Å². The average molecular weight is 346 g/mol. The highest BCUT2D eigenvalue weighted by atomic mass is 16.5. The summed E-state index contributed by atoms with van der Waals surface area (Å²) in [6.45, 7) is 3.65. The van der Waals surface area contributed by atoms with E-state index in [9.17, 15) is 9.90 Å². The molecule has 2 amide bonds. The second-order valence-electron chi connectivity index (χ2n) is 7.69. The summed E-state index contributed by atoms with van der Waals surface area (Å²) in [6.07, 6.45) is 4.48. The van der Waals surface area contributed by atoms with Gasteiger partial charge in [0.1, 0.15) is 0 Å². The lowest BCUT2D eigenvalue weighted by Gasteiger charge is -2.36. The molecule has 1 aromatic rings. The van der Waals surface area contributed by atoms with Gasteiger partial charge in [-0.3, -0.25) is 0 Å². The van der Waals surface area contributed by atoms with Gasteiger partial charge in [-0.2, -0.15) is 0 Å². The van der Waals surface area contributed by atoms with E-state index in [-0.39, 0.29) is 12.1 Å². The number of nitrogens with zero attached hydrogens (tertiary/aromatic N) is 1. The number of urea groups is 1. The normalized spacial score (nSPS) is 25.6. The van der Waals surface area contributed by atoms with Gasteiger partial charge in [0, 0.05) is 33.1 Å². The van der Waals surface area contributed by atoms with Crippen molar-refractivity contribution >= 4 is 6.03 Å². The number of amides is 2. The van der Waals surface area contributed by atoms with Crippen LogP contribution in [0.15, 0.2) is 24.3 Å². The summed E-state index contributed by atoms with van der Waals surface area (Å²) in [4.78, 5) is 14.4. The Morgan fingerprint density at radius 1 is 1.36 bits per heavy atom. The minimum atomic E-state index is -0.836. The summed E-state index contributed by atoms with van der Waals surface area (Å²) in [7, 11) is 1.76. The monoisotopic (exact) mass is 346 g/mol. The Labute approximate surface area is 150 Å². The number of carbonyl (C=O) groups is 1. The fourth-order valence-electron chi connectivity index (χ4n) is 4.04. The van der Waals surface area contributed by atoms with Crippen LogP contribution in [0.5, 0.6) is 0 Å². The van der Waals surface area contributed by atoms with Crippen molar-refractivity contribution in [2.75, 3.05) is 26.8 Å². The highest BCUT2D eigenvalue weighted by molar-refractivity contribution is 5.74. The molecule has 0 aromatic heterocycles. The minimum absolute atomic E-state index is 0.0259. The fraction of sp³-hybridized carbons (Fsp3) is 0.650. The molecule has 0 saturated carbocycles. The Morgan fingerprint density at radius 2 is 2.08 bits per heavy atom. The number of benzene rings is 1. The molecule has 1 saturated heterocycles. The van der Waals surface area contributed by atoms with Gasteiger partial charge in [0.25, 0.3) is 0 Å². The van der Waals surface area contributed by atoms with Gasteiger partial charge in [-0.25, -0.2) is 4.79 Å². The zero-order chi connectivity index (χ0) is 17.9. The molecule has 1 heterocycles. The van der Waals surface area contributed by atoms with Gasteiger partial charge in [0.2, 0.25) is 0 Å². The Balaban J connectivity index is 1.68. The first-order valence-electron chi connectivity index (χ1n) is 9.38. The zero-order valence-corrected chi connectivity index (χ0v) is 15.3. The minimum Gasteiger partial charge on any atom is -0.388 e. The predicted molar refractivity (Wildman–Crippen MR) is 97.4 cm³/mol. The molecule has 1 aliphatic carbocycles. The number of aryl methyl sites for hydroxylation is 1. The molecule has 1 aliphatic heterocycles. The molecule has 1 fully saturated rings. The molecule has 2 aliphatic rings. The summed E-state index contributed by atoms with van der Waals surface area (Å²) in [6, 6.07) is 8.33. The number of hydrogen-bond acceptors (Lipinski definition) is 3. The van der Waals surface area contributed by atoms with Crippen molar-refractivity contribution < 1.29 is 14.6 Å². The van der Waals surface area contributed by atoms with E-state index in [0.29, 0.717) is 38.5 Å². The van der Waals surface area contributed by atoms with Crippen molar-refractivity contribution in [1.82, 2.24) is 10.2 Å². The summed E-state index contributed by atoms with van der Waals surface area (Å²) in [5.74, 6) is 0.396. The number of ether oxygens (including phenoxy) is 1. The van der Waals surface area contributed by atoms with Crippen LogP contribution in [0.25, 0.3) is 0 Å². The van der Waals surface area contributed by atoms with Crippen LogP contribution >= 0.6 is 0 Å². The SMILES string of the molecule is C[C@@H]1CCCc2ccccc2[C@@H]1NC(=O)N(C)CC1(O)CCOCC1. The van der Waals surface area contributed by atoms with E-state index in [2.05, 4.69) is 30.4 Å². The number of rotatable bonds is 3. The van der Waals surface area contributed by atoms with Gasteiger partial charge >= 0.3 is 6.03 Å². The Morgan fingerprint density at radius 3 is 2.84 bits per heavy atom. The van der Waals surface area contributed by atoms with E-state index >= 15 is 0 Å². The van der Waals surface area contributed by atoms with E-state index < -0.39 is 5.60 Å². The largest absolute Gasteiger partial charge is 0.388 e. The molecule has 5 heteroatoms. The maximum absolute atomic E-state index is 12.8. The number of likely N-dealkylation sites (N-methyl/N-ethyl adjacent to an activating group) is 1. The molecule has 0 radical (unpaired) electrons. The summed E-state index contributed by atoms with van der Waals surface area (Å²) < 4.78 is 5.32. The standard InChI is InChI=1S/C20H30N2O3/c1-15-6-5-8-16-7-3-4-9-17(16)18(15)21-19(23)22(2)14-20(24)10-12-25-13-11-20/h3-4,7,9,15,18,24H,5-6,8,10-14H2,1-2H3,(H,21,23)/t15-,18-/m1/s1. The lowest BCUT2D eigenvalue weighted by Crippen LogP contribution is -2.50. The number of aliphatic hydroxyl groups is 1. The van der Waals surface area contributed by atoms with Crippen molar-refractivity contribution in [2.45, 2.75) is 50.7 Å². The Hall–Kier alpha value is -1.59. The van der Waals surface area contributed by atoms with Crippen LogP contribution in [0, 0.1) is 5.92 Å². The average Bonchev–Trinajstić information content (AvgIpc) is 2.74. The van der Waals surface area contributed by atoms with Crippen molar-refractivity contribution in [1.29, 1.82) is 0 Å². The number of hydrogen-bond donors (Lipinski definition) is 2. The number of fused-ring (bicyclic) bond motifs is 1. The van der Waals surface area contributed by atoms with Gasteiger partial charge in [-0.15, -0.1) is 0 Å². The lowest BCUT2D eigenvalue weighted by atomic mass is 9.92.